The molecule has 0 radical (unpaired) electrons. The average molecular weight is 175 g/mol. The number of nitrogens with two attached hydrogens (primary N) is 1. The summed E-state index contributed by atoms with van der Waals surface area (Å²) in [6, 6.07) is 4.27. The second-order valence-corrected chi connectivity index (χ2v) is 3.31. The van der Waals surface area contributed by atoms with Crippen molar-refractivity contribution in [3.8, 4) is 0 Å². The highest BCUT2D eigenvalue weighted by molar-refractivity contribution is 5.81. The molecule has 0 bridgehead atoms. The van der Waals surface area contributed by atoms with Crippen molar-refractivity contribution in [1.82, 2.24) is 4.98 Å². The Bertz CT molecular complexity index is 305. The van der Waals surface area contributed by atoms with Gasteiger partial charge in [-0.1, -0.05) is 0 Å². The summed E-state index contributed by atoms with van der Waals surface area (Å²) in [4.78, 5) is 8.40. The smallest absolute Gasteiger partial charge is 0.0944 e. The number of amidine groups is 1. The summed E-state index contributed by atoms with van der Waals surface area (Å²) in [6.07, 6.45) is 6.79. The Balaban J connectivity index is 2.22. The zero-order valence-corrected chi connectivity index (χ0v) is 7.48. The van der Waals surface area contributed by atoms with Gasteiger partial charge in [-0.3, -0.25) is 9.98 Å². The number of hydrogen-bond donors (Lipinski definition) is 1. The Hall–Kier alpha value is -1.38. The monoisotopic (exact) mass is 175 g/mol. The van der Waals surface area contributed by atoms with Crippen molar-refractivity contribution in [2.75, 3.05) is 0 Å². The van der Waals surface area contributed by atoms with Crippen molar-refractivity contribution in [3.63, 3.8) is 0 Å². The van der Waals surface area contributed by atoms with Crippen LogP contribution in [0.4, 0.5) is 0 Å². The van der Waals surface area contributed by atoms with Crippen LogP contribution in [0.2, 0.25) is 0 Å². The molecule has 1 atom stereocenters. The standard InChI is InChI=1S/C10H13N3/c11-10-3-1-2-9(13-10)8-4-6-12-7-5-8/h4-7,9H,1-3H2,(H2,11,13). The molecule has 0 amide bonds. The minimum Gasteiger partial charge on any atom is -0.387 e. The molecule has 3 heteroatoms. The Labute approximate surface area is 77.7 Å². The molecular weight excluding hydrogens is 162 g/mol. The van der Waals surface area contributed by atoms with Crippen molar-refractivity contribution in [2.45, 2.75) is 25.3 Å². The second kappa shape index (κ2) is 3.56. The number of aromatic nitrogens is 1. The van der Waals surface area contributed by atoms with Crippen LogP contribution in [0, 0.1) is 0 Å². The second-order valence-electron chi connectivity index (χ2n) is 3.31. The molecular formula is C10H13N3. The van der Waals surface area contributed by atoms with Gasteiger partial charge in [0.25, 0.3) is 0 Å². The molecule has 2 N–H and O–H groups in total. The summed E-state index contributed by atoms with van der Waals surface area (Å²) in [5, 5.41) is 0. The van der Waals surface area contributed by atoms with E-state index in [1.54, 1.807) is 12.4 Å². The lowest BCUT2D eigenvalue weighted by Crippen LogP contribution is -2.17. The van der Waals surface area contributed by atoms with Gasteiger partial charge in [0.2, 0.25) is 0 Å². The van der Waals surface area contributed by atoms with E-state index in [9.17, 15) is 0 Å². The Morgan fingerprint density at radius 2 is 2.08 bits per heavy atom. The van der Waals surface area contributed by atoms with E-state index >= 15 is 0 Å². The molecule has 0 fully saturated rings. The van der Waals surface area contributed by atoms with Crippen molar-refractivity contribution in [1.29, 1.82) is 0 Å². The van der Waals surface area contributed by atoms with E-state index in [-0.39, 0.29) is 6.04 Å². The minimum atomic E-state index is 0.261. The van der Waals surface area contributed by atoms with Crippen molar-refractivity contribution < 1.29 is 0 Å². The molecule has 2 rings (SSSR count). The topological polar surface area (TPSA) is 51.3 Å². The van der Waals surface area contributed by atoms with Crippen LogP contribution in [-0.2, 0) is 0 Å². The van der Waals surface area contributed by atoms with Crippen LogP contribution in [0.15, 0.2) is 29.5 Å². The van der Waals surface area contributed by atoms with E-state index in [1.165, 1.54) is 5.56 Å². The highest BCUT2D eigenvalue weighted by Crippen LogP contribution is 2.26. The Kier molecular flexibility index (Phi) is 2.25. The zero-order valence-electron chi connectivity index (χ0n) is 7.48. The molecule has 68 valence electrons. The van der Waals surface area contributed by atoms with Crippen LogP contribution < -0.4 is 5.73 Å². The van der Waals surface area contributed by atoms with Gasteiger partial charge in [0, 0.05) is 18.8 Å². The number of pyridine rings is 1. The summed E-state index contributed by atoms with van der Waals surface area (Å²) >= 11 is 0. The van der Waals surface area contributed by atoms with Gasteiger partial charge in [-0.2, -0.15) is 0 Å². The highest BCUT2D eigenvalue weighted by atomic mass is 14.9. The van der Waals surface area contributed by atoms with Gasteiger partial charge in [0.15, 0.2) is 0 Å². The van der Waals surface area contributed by atoms with E-state index in [4.69, 9.17) is 5.73 Å². The molecule has 3 nitrogen and oxygen atoms in total. The van der Waals surface area contributed by atoms with Gasteiger partial charge < -0.3 is 5.73 Å². The lowest BCUT2D eigenvalue weighted by Gasteiger charge is -2.18. The van der Waals surface area contributed by atoms with Crippen LogP contribution in [0.3, 0.4) is 0 Å². The van der Waals surface area contributed by atoms with Crippen LogP contribution in [0.1, 0.15) is 30.9 Å². The Morgan fingerprint density at radius 1 is 1.31 bits per heavy atom. The normalized spacial score (nSPS) is 22.5. The average Bonchev–Trinajstić information content (AvgIpc) is 2.19. The maximum absolute atomic E-state index is 5.70. The van der Waals surface area contributed by atoms with E-state index < -0.39 is 0 Å². The summed E-state index contributed by atoms with van der Waals surface area (Å²) in [6.45, 7) is 0. The van der Waals surface area contributed by atoms with Gasteiger partial charge >= 0.3 is 0 Å². The molecule has 13 heavy (non-hydrogen) atoms. The van der Waals surface area contributed by atoms with Gasteiger partial charge in [-0.05, 0) is 30.5 Å². The minimum absolute atomic E-state index is 0.261. The fourth-order valence-corrected chi connectivity index (χ4v) is 1.63. The summed E-state index contributed by atoms with van der Waals surface area (Å²) < 4.78 is 0. The van der Waals surface area contributed by atoms with E-state index in [0.29, 0.717) is 0 Å². The fourth-order valence-electron chi connectivity index (χ4n) is 1.63. The van der Waals surface area contributed by atoms with E-state index in [1.807, 2.05) is 12.1 Å². The molecule has 1 aliphatic heterocycles. The molecule has 0 aliphatic carbocycles. The maximum atomic E-state index is 5.70. The molecule has 0 aromatic carbocycles. The first kappa shape index (κ1) is 8.23. The predicted octanol–water partition coefficient (Wildman–Crippen LogP) is 1.66. The largest absolute Gasteiger partial charge is 0.387 e. The van der Waals surface area contributed by atoms with Crippen LogP contribution in [-0.4, -0.2) is 10.8 Å². The van der Waals surface area contributed by atoms with Gasteiger partial charge in [-0.15, -0.1) is 0 Å². The predicted molar refractivity (Wildman–Crippen MR) is 52.5 cm³/mol. The molecule has 0 saturated carbocycles. The first-order valence-corrected chi connectivity index (χ1v) is 4.58. The van der Waals surface area contributed by atoms with Gasteiger partial charge in [0.05, 0.1) is 11.9 Å². The van der Waals surface area contributed by atoms with Crippen LogP contribution in [0.5, 0.6) is 0 Å². The van der Waals surface area contributed by atoms with Gasteiger partial charge in [-0.25, -0.2) is 0 Å². The van der Waals surface area contributed by atoms with Crippen LogP contribution >= 0.6 is 0 Å². The zero-order chi connectivity index (χ0) is 9.10. The highest BCUT2D eigenvalue weighted by Gasteiger charge is 2.14. The molecule has 2 heterocycles. The summed E-state index contributed by atoms with van der Waals surface area (Å²) in [5.41, 5.74) is 6.92. The van der Waals surface area contributed by atoms with Crippen molar-refractivity contribution >= 4 is 5.84 Å². The molecule has 1 unspecified atom stereocenters. The fraction of sp³-hybridized carbons (Fsp3) is 0.400. The summed E-state index contributed by atoms with van der Waals surface area (Å²) in [7, 11) is 0. The number of hydrogen-bond acceptors (Lipinski definition) is 3. The third kappa shape index (κ3) is 1.86. The number of aliphatic imine (C=N–C) groups is 1. The molecule has 1 aromatic heterocycles. The summed E-state index contributed by atoms with van der Waals surface area (Å²) in [5.74, 6) is 0.785. The Morgan fingerprint density at radius 3 is 2.77 bits per heavy atom. The molecule has 1 aliphatic rings. The molecule has 1 aromatic rings. The molecule has 0 saturated heterocycles. The quantitative estimate of drug-likeness (QED) is 0.705. The van der Waals surface area contributed by atoms with Crippen molar-refractivity contribution in [2.24, 2.45) is 10.7 Å². The van der Waals surface area contributed by atoms with E-state index in [2.05, 4.69) is 9.98 Å². The third-order valence-corrected chi connectivity index (χ3v) is 2.32. The lowest BCUT2D eigenvalue weighted by atomic mass is 10.00. The number of nitrogens with zero attached hydrogens (tertiary/aromatic N) is 2. The first-order chi connectivity index (χ1) is 6.36. The van der Waals surface area contributed by atoms with E-state index in [0.717, 1.165) is 25.1 Å². The van der Waals surface area contributed by atoms with Crippen molar-refractivity contribution in [3.05, 3.63) is 30.1 Å². The lowest BCUT2D eigenvalue weighted by molar-refractivity contribution is 0.593. The van der Waals surface area contributed by atoms with Gasteiger partial charge in [0.1, 0.15) is 0 Å². The first-order valence-electron chi connectivity index (χ1n) is 4.58. The SMILES string of the molecule is NC1=NC(c2ccncc2)CCC1. The third-order valence-electron chi connectivity index (χ3n) is 2.32. The molecule has 0 spiro atoms. The number of rotatable bonds is 1. The van der Waals surface area contributed by atoms with Crippen LogP contribution in [0.25, 0.3) is 0 Å². The maximum Gasteiger partial charge on any atom is 0.0944 e.